The predicted octanol–water partition coefficient (Wildman–Crippen LogP) is 0.366. The average Bonchev–Trinajstić information content (AvgIpc) is 2.39. The van der Waals surface area contributed by atoms with Crippen molar-refractivity contribution < 1.29 is 69.1 Å². The number of hydrogen-bond acceptors (Lipinski definition) is 1. The van der Waals surface area contributed by atoms with Crippen molar-refractivity contribution in [3.05, 3.63) is 60.2 Å². The zero-order valence-corrected chi connectivity index (χ0v) is 14.4. The van der Waals surface area contributed by atoms with Crippen LogP contribution >= 0.6 is 0 Å². The Morgan fingerprint density at radius 1 is 0.850 bits per heavy atom. The van der Waals surface area contributed by atoms with E-state index in [0.29, 0.717) is 6.42 Å². The molecule has 0 spiro atoms. The first-order valence-corrected chi connectivity index (χ1v) is 6.03. The monoisotopic (exact) mass is 304 g/mol. The van der Waals surface area contributed by atoms with Crippen LogP contribution in [-0.4, -0.2) is 13.6 Å². The molecule has 1 nitrogen and oxygen atoms in total. The van der Waals surface area contributed by atoms with Crippen LogP contribution < -0.4 is 61.6 Å². The van der Waals surface area contributed by atoms with E-state index in [1.807, 2.05) is 30.3 Å². The van der Waals surface area contributed by atoms with E-state index >= 15 is 0 Å². The van der Waals surface area contributed by atoms with Crippen molar-refractivity contribution in [1.29, 1.82) is 0 Å². The Bertz CT molecular complexity index is 531. The van der Waals surface area contributed by atoms with E-state index in [2.05, 4.69) is 0 Å². The van der Waals surface area contributed by atoms with E-state index in [4.69, 9.17) is 4.74 Å². The van der Waals surface area contributed by atoms with Crippen molar-refractivity contribution >= 4 is 12.4 Å². The molecule has 0 radical (unpaired) electrons. The molecule has 2 aromatic carbocycles. The number of rotatable bonds is 5. The topological polar surface area (TPSA) is 9.23 Å². The molecule has 0 atom stereocenters. The van der Waals surface area contributed by atoms with E-state index in [-0.39, 0.29) is 63.7 Å². The SMILES string of the molecule is F[B-](F)(F)c1ccccc1OCCc1ccccc1.[K+]. The normalized spacial score (nSPS) is 10.8. The van der Waals surface area contributed by atoms with Crippen molar-refractivity contribution in [2.45, 2.75) is 6.42 Å². The van der Waals surface area contributed by atoms with Crippen molar-refractivity contribution in [1.82, 2.24) is 0 Å². The zero-order chi connectivity index (χ0) is 13.7. The number of halogens is 3. The minimum absolute atomic E-state index is 0. The molecule has 0 fully saturated rings. The molecule has 6 heteroatoms. The van der Waals surface area contributed by atoms with Gasteiger partial charge in [-0.1, -0.05) is 54.0 Å². The summed E-state index contributed by atoms with van der Waals surface area (Å²) in [6, 6.07) is 14.8. The van der Waals surface area contributed by atoms with Crippen molar-refractivity contribution in [3.63, 3.8) is 0 Å². The Balaban J connectivity index is 0.00000200. The van der Waals surface area contributed by atoms with Crippen LogP contribution in [0.25, 0.3) is 0 Å². The van der Waals surface area contributed by atoms with Gasteiger partial charge in [0.05, 0.1) is 12.4 Å². The number of hydrogen-bond donors (Lipinski definition) is 0. The van der Waals surface area contributed by atoms with Crippen molar-refractivity contribution in [3.8, 4) is 5.75 Å². The maximum absolute atomic E-state index is 12.8. The maximum Gasteiger partial charge on any atom is 1.00 e. The van der Waals surface area contributed by atoms with Gasteiger partial charge in [-0.25, -0.2) is 0 Å². The van der Waals surface area contributed by atoms with Crippen molar-refractivity contribution in [2.24, 2.45) is 0 Å². The van der Waals surface area contributed by atoms with Gasteiger partial charge < -0.3 is 17.7 Å². The van der Waals surface area contributed by atoms with Crippen LogP contribution in [0.15, 0.2) is 54.6 Å². The second-order valence-corrected chi connectivity index (χ2v) is 4.20. The molecular weight excluding hydrogens is 291 g/mol. The molecular formula is C14H13BF3KO. The second kappa shape index (κ2) is 8.24. The number of para-hydroxylation sites is 1. The summed E-state index contributed by atoms with van der Waals surface area (Å²) in [4.78, 5) is 0. The molecule has 0 heterocycles. The van der Waals surface area contributed by atoms with Gasteiger partial charge >= 0.3 is 58.4 Å². The molecule has 0 amide bonds. The minimum atomic E-state index is -5.04. The van der Waals surface area contributed by atoms with E-state index in [9.17, 15) is 12.9 Å². The van der Waals surface area contributed by atoms with E-state index < -0.39 is 12.4 Å². The Hall–Kier alpha value is -0.269. The largest absolute Gasteiger partial charge is 1.00 e. The number of ether oxygens (including phenoxy) is 1. The smallest absolute Gasteiger partial charge is 0.496 e. The van der Waals surface area contributed by atoms with Crippen LogP contribution in [0.5, 0.6) is 5.75 Å². The summed E-state index contributed by atoms with van der Waals surface area (Å²) >= 11 is 0. The second-order valence-electron chi connectivity index (χ2n) is 4.20. The molecule has 0 aromatic heterocycles. The van der Waals surface area contributed by atoms with Gasteiger partial charge in [0, 0.05) is 6.42 Å². The molecule has 0 unspecified atom stereocenters. The third kappa shape index (κ3) is 5.26. The van der Waals surface area contributed by atoms with E-state index in [0.717, 1.165) is 11.6 Å². The summed E-state index contributed by atoms with van der Waals surface area (Å²) in [7, 11) is 0. The fourth-order valence-corrected chi connectivity index (χ4v) is 1.81. The first kappa shape index (κ1) is 17.8. The average molecular weight is 304 g/mol. The van der Waals surface area contributed by atoms with Gasteiger partial charge in [-0.3, -0.25) is 0 Å². The van der Waals surface area contributed by atoms with Gasteiger partial charge in [-0.05, 0) is 11.6 Å². The molecule has 0 aliphatic heterocycles. The standard InChI is InChI=1S/C14H13BF3O.K/c16-15(17,18)13-8-4-5-9-14(13)19-11-10-12-6-2-1-3-7-12;/h1-9H,10-11H2;/q-1;+1. The molecule has 0 saturated heterocycles. The maximum atomic E-state index is 12.8. The first-order chi connectivity index (χ1) is 9.07. The third-order valence-corrected chi connectivity index (χ3v) is 2.76. The van der Waals surface area contributed by atoms with Gasteiger partial charge in [0.2, 0.25) is 0 Å². The van der Waals surface area contributed by atoms with Crippen molar-refractivity contribution in [2.75, 3.05) is 6.61 Å². The molecule has 0 bridgehead atoms. The molecule has 2 aromatic rings. The first-order valence-electron chi connectivity index (χ1n) is 6.03. The summed E-state index contributed by atoms with van der Waals surface area (Å²) in [5.41, 5.74) is 0.369. The Labute approximate surface area is 159 Å². The van der Waals surface area contributed by atoms with Crippen LogP contribution in [-0.2, 0) is 6.42 Å². The van der Waals surface area contributed by atoms with Crippen LogP contribution in [0, 0.1) is 0 Å². The van der Waals surface area contributed by atoms with Crippen LogP contribution in [0.2, 0.25) is 0 Å². The van der Waals surface area contributed by atoms with Gasteiger partial charge in [-0.2, -0.15) is 0 Å². The van der Waals surface area contributed by atoms with E-state index in [1.54, 1.807) is 6.07 Å². The zero-order valence-electron chi connectivity index (χ0n) is 11.2. The molecule has 20 heavy (non-hydrogen) atoms. The fraction of sp³-hybridized carbons (Fsp3) is 0.143. The Morgan fingerprint density at radius 3 is 2.10 bits per heavy atom. The summed E-state index contributed by atoms with van der Waals surface area (Å²) in [6.45, 7) is -4.81. The van der Waals surface area contributed by atoms with Gasteiger partial charge in [0.1, 0.15) is 0 Å². The predicted molar refractivity (Wildman–Crippen MR) is 70.8 cm³/mol. The molecule has 2 rings (SSSR count). The summed E-state index contributed by atoms with van der Waals surface area (Å²) in [5.74, 6) is -0.0917. The quantitative estimate of drug-likeness (QED) is 0.725. The summed E-state index contributed by atoms with van der Waals surface area (Å²) in [5, 5.41) is 0. The minimum Gasteiger partial charge on any atom is -0.496 e. The number of benzene rings is 2. The summed E-state index contributed by atoms with van der Waals surface area (Å²) < 4.78 is 43.6. The van der Waals surface area contributed by atoms with Gasteiger partial charge in [0.15, 0.2) is 0 Å². The van der Waals surface area contributed by atoms with E-state index in [1.165, 1.54) is 12.1 Å². The Morgan fingerprint density at radius 2 is 1.45 bits per heavy atom. The molecule has 0 aliphatic rings. The molecule has 0 saturated carbocycles. The summed E-state index contributed by atoms with van der Waals surface area (Å²) in [6.07, 6.45) is 0.583. The fourth-order valence-electron chi connectivity index (χ4n) is 1.81. The van der Waals surface area contributed by atoms with Crippen LogP contribution in [0.3, 0.4) is 0 Å². The third-order valence-electron chi connectivity index (χ3n) is 2.76. The van der Waals surface area contributed by atoms with Crippen LogP contribution in [0.1, 0.15) is 5.56 Å². The van der Waals surface area contributed by atoms with Gasteiger partial charge in [-0.15, -0.1) is 0 Å². The molecule has 0 N–H and O–H groups in total. The molecule has 0 aliphatic carbocycles. The van der Waals surface area contributed by atoms with Gasteiger partial charge in [0.25, 0.3) is 0 Å². The van der Waals surface area contributed by atoms with Crippen LogP contribution in [0.4, 0.5) is 12.9 Å². The Kier molecular flexibility index (Phi) is 7.33. The molecule has 100 valence electrons.